The van der Waals surface area contributed by atoms with Crippen LogP contribution in [-0.2, 0) is 0 Å². The minimum Gasteiger partial charge on any atom is -0.105 e. The summed E-state index contributed by atoms with van der Waals surface area (Å²) in [7, 11) is 0. The predicted molar refractivity (Wildman–Crippen MR) is 81.2 cm³/mol. The van der Waals surface area contributed by atoms with E-state index in [1.165, 1.54) is 77.0 Å². The van der Waals surface area contributed by atoms with Crippen LogP contribution in [0.5, 0.6) is 0 Å². The molecule has 0 aromatic heterocycles. The highest BCUT2D eigenvalue weighted by atomic mass is 35.5. The van der Waals surface area contributed by atoms with E-state index in [9.17, 15) is 0 Å². The van der Waals surface area contributed by atoms with Crippen LogP contribution in [0.1, 0.15) is 90.4 Å². The van der Waals surface area contributed by atoms with Gasteiger partial charge in [-0.3, -0.25) is 0 Å². The summed E-state index contributed by atoms with van der Waals surface area (Å²) in [6, 6.07) is 0. The first-order valence-electron chi connectivity index (χ1n) is 7.55. The predicted octanol–water partition coefficient (Wildman–Crippen LogP) is 6.88. The Labute approximate surface area is 118 Å². The quantitative estimate of drug-likeness (QED) is 0.255. The molecule has 0 nitrogen and oxygen atoms in total. The van der Waals surface area contributed by atoms with Crippen molar-refractivity contribution in [1.82, 2.24) is 0 Å². The van der Waals surface area contributed by atoms with Gasteiger partial charge in [0, 0.05) is 0 Å². The van der Waals surface area contributed by atoms with Crippen molar-refractivity contribution in [2.24, 2.45) is 0 Å². The molecule has 0 radical (unpaired) electrons. The second kappa shape index (κ2) is 14.6. The van der Waals surface area contributed by atoms with Crippen molar-refractivity contribution >= 4 is 23.2 Å². The van der Waals surface area contributed by atoms with Crippen LogP contribution in [0.3, 0.4) is 0 Å². The Balaban J connectivity index is 2.89. The number of alkyl halides is 2. The van der Waals surface area contributed by atoms with Gasteiger partial charge in [-0.2, -0.15) is 0 Å². The normalized spacial score (nSPS) is 11.3. The molecule has 104 valence electrons. The molecule has 0 aromatic carbocycles. The molecule has 0 unspecified atom stereocenters. The van der Waals surface area contributed by atoms with Gasteiger partial charge in [0.25, 0.3) is 0 Å². The topological polar surface area (TPSA) is 0 Å². The standard InChI is InChI=1S/C15H30Cl2/c1-2-3-4-5-6-7-8-9-10-11-12-13-14-15(16)17/h15H,2-14H2,1H3. The van der Waals surface area contributed by atoms with Gasteiger partial charge in [-0.25, -0.2) is 0 Å². The first kappa shape index (κ1) is 17.6. The Morgan fingerprint density at radius 1 is 0.588 bits per heavy atom. The van der Waals surface area contributed by atoms with Gasteiger partial charge in [0.2, 0.25) is 0 Å². The zero-order valence-electron chi connectivity index (χ0n) is 11.5. The number of unbranched alkanes of at least 4 members (excludes halogenated alkanes) is 11. The molecule has 0 amide bonds. The highest BCUT2D eigenvalue weighted by Gasteiger charge is 1.97. The lowest BCUT2D eigenvalue weighted by Gasteiger charge is -2.03. The van der Waals surface area contributed by atoms with E-state index in [1.54, 1.807) is 0 Å². The van der Waals surface area contributed by atoms with Crippen molar-refractivity contribution in [3.05, 3.63) is 0 Å². The zero-order valence-corrected chi connectivity index (χ0v) is 13.0. The molecule has 0 bridgehead atoms. The van der Waals surface area contributed by atoms with Gasteiger partial charge >= 0.3 is 0 Å². The molecule has 17 heavy (non-hydrogen) atoms. The van der Waals surface area contributed by atoms with Crippen molar-refractivity contribution in [2.75, 3.05) is 0 Å². The molecule has 0 rings (SSSR count). The molecule has 0 aliphatic heterocycles. The smallest absolute Gasteiger partial charge is 0.105 e. The van der Waals surface area contributed by atoms with E-state index in [0.717, 1.165) is 6.42 Å². The Kier molecular flexibility index (Phi) is 15.1. The van der Waals surface area contributed by atoms with Gasteiger partial charge in [-0.1, -0.05) is 84.0 Å². The maximum atomic E-state index is 5.68. The van der Waals surface area contributed by atoms with E-state index in [-0.39, 0.29) is 4.84 Å². The second-order valence-corrected chi connectivity index (χ2v) is 6.35. The molecule has 0 atom stereocenters. The second-order valence-electron chi connectivity index (χ2n) is 5.07. The molecule has 0 spiro atoms. The third kappa shape index (κ3) is 16.6. The minimum absolute atomic E-state index is 0.155. The summed E-state index contributed by atoms with van der Waals surface area (Å²) in [6.45, 7) is 2.27. The van der Waals surface area contributed by atoms with Gasteiger partial charge in [0.15, 0.2) is 0 Å². The summed E-state index contributed by atoms with van der Waals surface area (Å²) in [5.41, 5.74) is 0. The Morgan fingerprint density at radius 3 is 1.29 bits per heavy atom. The van der Waals surface area contributed by atoms with E-state index >= 15 is 0 Å². The lowest BCUT2D eigenvalue weighted by atomic mass is 10.0. The lowest BCUT2D eigenvalue weighted by molar-refractivity contribution is 0.542. The van der Waals surface area contributed by atoms with Crippen molar-refractivity contribution in [1.29, 1.82) is 0 Å². The highest BCUT2D eigenvalue weighted by Crippen LogP contribution is 2.15. The molecule has 0 saturated heterocycles. The average Bonchev–Trinajstić information content (AvgIpc) is 2.30. The third-order valence-corrected chi connectivity index (χ3v) is 3.71. The van der Waals surface area contributed by atoms with E-state index in [4.69, 9.17) is 23.2 Å². The molecule has 0 fully saturated rings. The maximum Gasteiger partial charge on any atom is 0.107 e. The third-order valence-electron chi connectivity index (χ3n) is 3.28. The summed E-state index contributed by atoms with van der Waals surface area (Å²) < 4.78 is 0. The Morgan fingerprint density at radius 2 is 0.941 bits per heavy atom. The van der Waals surface area contributed by atoms with Gasteiger partial charge in [0.1, 0.15) is 4.84 Å². The van der Waals surface area contributed by atoms with Crippen LogP contribution in [0.15, 0.2) is 0 Å². The van der Waals surface area contributed by atoms with Crippen LogP contribution >= 0.6 is 23.2 Å². The summed E-state index contributed by atoms with van der Waals surface area (Å²) >= 11 is 11.4. The molecule has 0 heterocycles. The van der Waals surface area contributed by atoms with Crippen LogP contribution in [0.25, 0.3) is 0 Å². The molecule has 0 N–H and O–H groups in total. The first-order chi connectivity index (χ1) is 8.27. The molecule has 2 heteroatoms. The fourth-order valence-electron chi connectivity index (χ4n) is 2.14. The van der Waals surface area contributed by atoms with Gasteiger partial charge in [-0.15, -0.1) is 23.2 Å². The Bertz CT molecular complexity index is 135. The van der Waals surface area contributed by atoms with E-state index < -0.39 is 0 Å². The summed E-state index contributed by atoms with van der Waals surface area (Å²) in [4.78, 5) is -0.155. The average molecular weight is 281 g/mol. The largest absolute Gasteiger partial charge is 0.107 e. The minimum atomic E-state index is -0.155. The van der Waals surface area contributed by atoms with Crippen LogP contribution in [0.4, 0.5) is 0 Å². The van der Waals surface area contributed by atoms with Crippen LogP contribution in [0.2, 0.25) is 0 Å². The van der Waals surface area contributed by atoms with Gasteiger partial charge in [-0.05, 0) is 6.42 Å². The van der Waals surface area contributed by atoms with E-state index in [0.29, 0.717) is 0 Å². The van der Waals surface area contributed by atoms with E-state index in [1.807, 2.05) is 0 Å². The molecule has 0 saturated carbocycles. The number of halogens is 2. The monoisotopic (exact) mass is 280 g/mol. The van der Waals surface area contributed by atoms with Crippen molar-refractivity contribution in [3.8, 4) is 0 Å². The first-order valence-corrected chi connectivity index (χ1v) is 8.42. The summed E-state index contributed by atoms with van der Waals surface area (Å²) in [6.07, 6.45) is 17.6. The van der Waals surface area contributed by atoms with Crippen molar-refractivity contribution in [3.63, 3.8) is 0 Å². The van der Waals surface area contributed by atoms with Crippen molar-refractivity contribution in [2.45, 2.75) is 95.2 Å². The number of hydrogen-bond acceptors (Lipinski definition) is 0. The Hall–Kier alpha value is 0.580. The molecular formula is C15H30Cl2. The summed E-state index contributed by atoms with van der Waals surface area (Å²) in [5.74, 6) is 0. The van der Waals surface area contributed by atoms with Gasteiger partial charge in [0.05, 0.1) is 0 Å². The molecular weight excluding hydrogens is 251 g/mol. The van der Waals surface area contributed by atoms with E-state index in [2.05, 4.69) is 6.92 Å². The molecule has 0 aliphatic carbocycles. The maximum absolute atomic E-state index is 5.68. The number of hydrogen-bond donors (Lipinski definition) is 0. The van der Waals surface area contributed by atoms with Crippen molar-refractivity contribution < 1.29 is 0 Å². The lowest BCUT2D eigenvalue weighted by Crippen LogP contribution is -1.87. The van der Waals surface area contributed by atoms with Crippen LogP contribution < -0.4 is 0 Å². The fraction of sp³-hybridized carbons (Fsp3) is 1.00. The number of rotatable bonds is 13. The molecule has 0 aromatic rings. The van der Waals surface area contributed by atoms with Gasteiger partial charge < -0.3 is 0 Å². The fourth-order valence-corrected chi connectivity index (χ4v) is 2.45. The van der Waals surface area contributed by atoms with Crippen LogP contribution in [-0.4, -0.2) is 4.84 Å². The SMILES string of the molecule is CCCCCCCCCCCCCCC(Cl)Cl. The van der Waals surface area contributed by atoms with Crippen LogP contribution in [0, 0.1) is 0 Å². The molecule has 0 aliphatic rings. The highest BCUT2D eigenvalue weighted by molar-refractivity contribution is 6.44. The zero-order chi connectivity index (χ0) is 12.8. The summed E-state index contributed by atoms with van der Waals surface area (Å²) in [5, 5.41) is 0.